The van der Waals surface area contributed by atoms with Crippen LogP contribution in [-0.4, -0.2) is 41.9 Å². The topological polar surface area (TPSA) is 98.2 Å². The van der Waals surface area contributed by atoms with Crippen molar-refractivity contribution >= 4 is 27.7 Å². The zero-order valence-electron chi connectivity index (χ0n) is 14.2. The van der Waals surface area contributed by atoms with Crippen LogP contribution in [0.5, 0.6) is 0 Å². The van der Waals surface area contributed by atoms with E-state index >= 15 is 0 Å². The second kappa shape index (κ2) is 7.15. The molecular formula is C19H16BrN5O2. The summed E-state index contributed by atoms with van der Waals surface area (Å²) >= 11 is 3.43. The fraction of sp³-hybridized carbons (Fsp3) is 0.263. The summed E-state index contributed by atoms with van der Waals surface area (Å²) in [4.78, 5) is 29.4. The first-order chi connectivity index (χ1) is 13.1. The van der Waals surface area contributed by atoms with Crippen molar-refractivity contribution in [3.05, 3.63) is 80.1 Å². The highest BCUT2D eigenvalue weighted by Crippen LogP contribution is 2.35. The lowest BCUT2D eigenvalue weighted by molar-refractivity contribution is 0.0591. The number of benzene rings is 2. The zero-order chi connectivity index (χ0) is 19.0. The zero-order valence-corrected chi connectivity index (χ0v) is 15.8. The molecule has 136 valence electrons. The minimum absolute atomic E-state index is 0.0257. The summed E-state index contributed by atoms with van der Waals surface area (Å²) in [6.45, 7) is 0.593. The molecule has 2 aromatic rings. The van der Waals surface area contributed by atoms with Gasteiger partial charge in [0.1, 0.15) is 0 Å². The smallest absolute Gasteiger partial charge is 0.261 e. The highest BCUT2D eigenvalue weighted by atomic mass is 79.9. The van der Waals surface area contributed by atoms with Crippen LogP contribution in [0.3, 0.4) is 0 Å². The largest absolute Gasteiger partial charge is 0.308 e. The third kappa shape index (κ3) is 3.12. The molecule has 0 bridgehead atoms. The highest BCUT2D eigenvalue weighted by Gasteiger charge is 2.45. The van der Waals surface area contributed by atoms with Crippen LogP contribution < -0.4 is 5.32 Å². The number of hydrogen-bond donors (Lipinski definition) is 1. The lowest BCUT2D eigenvalue weighted by atomic mass is 9.77. The van der Waals surface area contributed by atoms with Crippen molar-refractivity contribution in [2.45, 2.75) is 18.0 Å². The minimum atomic E-state index is -0.259. The Bertz CT molecular complexity index is 920. The third-order valence-corrected chi connectivity index (χ3v) is 5.68. The average molecular weight is 426 g/mol. The maximum absolute atomic E-state index is 12.6. The quantitative estimate of drug-likeness (QED) is 0.343. The van der Waals surface area contributed by atoms with Gasteiger partial charge in [0.2, 0.25) is 0 Å². The van der Waals surface area contributed by atoms with Gasteiger partial charge in [0.15, 0.2) is 0 Å². The van der Waals surface area contributed by atoms with Crippen molar-refractivity contribution in [3.63, 3.8) is 0 Å². The van der Waals surface area contributed by atoms with Gasteiger partial charge < -0.3 is 5.32 Å². The first-order valence-corrected chi connectivity index (χ1v) is 9.37. The van der Waals surface area contributed by atoms with Gasteiger partial charge in [-0.25, -0.2) is 0 Å². The van der Waals surface area contributed by atoms with Gasteiger partial charge in [0, 0.05) is 40.5 Å². The van der Waals surface area contributed by atoms with Gasteiger partial charge in [0.25, 0.3) is 11.8 Å². The summed E-state index contributed by atoms with van der Waals surface area (Å²) in [5, 5.41) is 7.03. The van der Waals surface area contributed by atoms with Gasteiger partial charge in [-0.3, -0.25) is 14.5 Å². The number of hydrogen-bond acceptors (Lipinski definition) is 4. The number of nitrogens with zero attached hydrogens (tertiary/aromatic N) is 4. The van der Waals surface area contributed by atoms with E-state index in [2.05, 4.69) is 31.3 Å². The molecule has 0 aliphatic carbocycles. The Morgan fingerprint density at radius 3 is 2.26 bits per heavy atom. The maximum atomic E-state index is 12.6. The molecule has 0 saturated carbocycles. The molecular weight excluding hydrogens is 410 g/mol. The van der Waals surface area contributed by atoms with Gasteiger partial charge in [0.05, 0.1) is 11.1 Å². The molecule has 2 aromatic carbocycles. The van der Waals surface area contributed by atoms with E-state index in [1.807, 2.05) is 24.3 Å². The van der Waals surface area contributed by atoms with Crippen molar-refractivity contribution < 1.29 is 9.59 Å². The molecule has 0 radical (unpaired) electrons. The molecule has 0 unspecified atom stereocenters. The molecule has 2 heterocycles. The van der Waals surface area contributed by atoms with Crippen LogP contribution in [-0.2, 0) is 0 Å². The van der Waals surface area contributed by atoms with Gasteiger partial charge in [-0.1, -0.05) is 45.3 Å². The van der Waals surface area contributed by atoms with Crippen LogP contribution in [0.15, 0.2) is 58.1 Å². The molecule has 0 spiro atoms. The number of nitrogens with one attached hydrogen (secondary N) is 1. The van der Waals surface area contributed by atoms with Crippen molar-refractivity contribution in [3.8, 4) is 0 Å². The number of halogens is 1. The molecule has 1 N–H and O–H groups in total. The maximum Gasteiger partial charge on any atom is 0.261 e. The molecule has 4 rings (SSSR count). The molecule has 1 saturated heterocycles. The van der Waals surface area contributed by atoms with E-state index in [4.69, 9.17) is 5.53 Å². The first kappa shape index (κ1) is 17.7. The number of fused-ring (bicyclic) bond motifs is 1. The predicted octanol–water partition coefficient (Wildman–Crippen LogP) is 3.48. The Morgan fingerprint density at radius 2 is 1.67 bits per heavy atom. The molecule has 0 aromatic heterocycles. The predicted molar refractivity (Wildman–Crippen MR) is 103 cm³/mol. The monoisotopic (exact) mass is 425 g/mol. The summed E-state index contributed by atoms with van der Waals surface area (Å²) in [6.07, 6.45) is 0. The van der Waals surface area contributed by atoms with Gasteiger partial charge in [-0.15, -0.1) is 0 Å². The third-order valence-electron chi connectivity index (χ3n) is 5.15. The Kier molecular flexibility index (Phi) is 4.70. The second-order valence-electron chi connectivity index (χ2n) is 6.64. The summed E-state index contributed by atoms with van der Waals surface area (Å²) in [7, 11) is 0. The normalized spacial score (nSPS) is 23.6. The van der Waals surface area contributed by atoms with E-state index < -0.39 is 0 Å². The van der Waals surface area contributed by atoms with Crippen molar-refractivity contribution in [2.24, 2.45) is 5.11 Å². The van der Waals surface area contributed by atoms with Crippen LogP contribution in [0.25, 0.3) is 10.4 Å². The summed E-state index contributed by atoms with van der Waals surface area (Å²) in [5.41, 5.74) is 10.6. The molecule has 3 atom stereocenters. The Morgan fingerprint density at radius 1 is 1.04 bits per heavy atom. The molecule has 1 fully saturated rings. The molecule has 7 nitrogen and oxygen atoms in total. The van der Waals surface area contributed by atoms with Gasteiger partial charge in [-0.2, -0.15) is 0 Å². The fourth-order valence-corrected chi connectivity index (χ4v) is 4.12. The summed E-state index contributed by atoms with van der Waals surface area (Å²) in [6, 6.07) is 14.7. The lowest BCUT2D eigenvalue weighted by Crippen LogP contribution is -2.64. The summed E-state index contributed by atoms with van der Waals surface area (Å²) < 4.78 is 0.974. The number of carbonyl (C=O) groups excluding carboxylic acids is 2. The van der Waals surface area contributed by atoms with E-state index in [1.165, 1.54) is 4.90 Å². The molecule has 2 amide bonds. The average Bonchev–Trinajstić information content (AvgIpc) is 2.90. The number of rotatable bonds is 5. The van der Waals surface area contributed by atoms with Crippen LogP contribution in [0.1, 0.15) is 32.2 Å². The molecule has 2 aliphatic rings. The van der Waals surface area contributed by atoms with E-state index in [9.17, 15) is 9.59 Å². The Labute approximate surface area is 164 Å². The molecule has 27 heavy (non-hydrogen) atoms. The van der Waals surface area contributed by atoms with Crippen molar-refractivity contribution in [1.82, 2.24) is 10.2 Å². The second-order valence-corrected chi connectivity index (χ2v) is 7.55. The highest BCUT2D eigenvalue weighted by molar-refractivity contribution is 9.10. The van der Waals surface area contributed by atoms with E-state index in [0.717, 1.165) is 10.0 Å². The minimum Gasteiger partial charge on any atom is -0.308 e. The van der Waals surface area contributed by atoms with E-state index in [1.54, 1.807) is 24.3 Å². The molecule has 8 heteroatoms. The lowest BCUT2D eigenvalue weighted by Gasteiger charge is -2.47. The van der Waals surface area contributed by atoms with E-state index in [0.29, 0.717) is 17.7 Å². The number of carbonyl (C=O) groups is 2. The van der Waals surface area contributed by atoms with E-state index in [-0.39, 0.29) is 36.4 Å². The Hall–Kier alpha value is -2.67. The fourth-order valence-electron chi connectivity index (χ4n) is 3.85. The SMILES string of the molecule is [N-]=[N+]=NC[C@@H]1N[C@H](CN2C(=O)c3ccccc3C2=O)[C@@H]1c1ccc(Br)cc1. The van der Waals surface area contributed by atoms with Crippen molar-refractivity contribution in [1.29, 1.82) is 0 Å². The van der Waals surface area contributed by atoms with Crippen LogP contribution in [0, 0.1) is 0 Å². The van der Waals surface area contributed by atoms with Crippen LogP contribution >= 0.6 is 15.9 Å². The summed E-state index contributed by atoms with van der Waals surface area (Å²) in [5.74, 6) is -0.469. The van der Waals surface area contributed by atoms with Crippen molar-refractivity contribution in [2.75, 3.05) is 13.1 Å². The van der Waals surface area contributed by atoms with Crippen LogP contribution in [0.4, 0.5) is 0 Å². The molecule has 2 aliphatic heterocycles. The number of azide groups is 1. The Balaban J connectivity index is 1.56. The van der Waals surface area contributed by atoms with Gasteiger partial charge >= 0.3 is 0 Å². The standard InChI is InChI=1S/C19H16BrN5O2/c20-12-7-5-11(6-8-12)17-15(9-22-24-21)23-16(17)10-25-18(26)13-3-1-2-4-14(13)19(25)27/h1-8,15-17,23H,9-10H2/t15-,16+,17+/m0/s1. The number of amides is 2. The van der Waals surface area contributed by atoms with Crippen LogP contribution in [0.2, 0.25) is 0 Å². The van der Waals surface area contributed by atoms with Gasteiger partial charge in [-0.05, 0) is 35.4 Å². The number of imide groups is 1. The first-order valence-electron chi connectivity index (χ1n) is 8.57.